The van der Waals surface area contributed by atoms with Gasteiger partial charge in [-0.05, 0) is 61.4 Å². The van der Waals surface area contributed by atoms with Crippen molar-refractivity contribution in [2.45, 2.75) is 26.2 Å². The molecule has 3 aromatic rings. The highest BCUT2D eigenvalue weighted by Gasteiger charge is 2.23. The number of Topliss-reactive ketones (excluding diaryl/α,β-unsaturated/α-hetero) is 1. The topological polar surface area (TPSA) is 59.2 Å². The lowest BCUT2D eigenvalue weighted by Gasteiger charge is -2.36. The van der Waals surface area contributed by atoms with E-state index in [1.54, 1.807) is 6.20 Å². The molecule has 5 heteroatoms. The van der Waals surface area contributed by atoms with Crippen molar-refractivity contribution in [3.8, 4) is 11.1 Å². The van der Waals surface area contributed by atoms with Crippen LogP contribution < -0.4 is 5.73 Å². The smallest absolute Gasteiger partial charge is 0.167 e. The number of nitrogens with two attached hydrogens (primary N) is 1. The number of anilines is 1. The van der Waals surface area contributed by atoms with Crippen LogP contribution in [0.1, 0.15) is 35.2 Å². The minimum absolute atomic E-state index is 0.0787. The summed E-state index contributed by atoms with van der Waals surface area (Å²) in [5.41, 5.74) is 9.79. The summed E-state index contributed by atoms with van der Waals surface area (Å²) in [4.78, 5) is 19.6. The summed E-state index contributed by atoms with van der Waals surface area (Å²) in [6.45, 7) is 4.31. The van der Waals surface area contributed by atoms with Crippen molar-refractivity contribution in [2.24, 2.45) is 5.92 Å². The molecular weight excluding hydrogens is 382 g/mol. The van der Waals surface area contributed by atoms with Crippen LogP contribution >= 0.6 is 11.6 Å². The average molecular weight is 408 g/mol. The van der Waals surface area contributed by atoms with Gasteiger partial charge in [0.1, 0.15) is 5.82 Å². The standard InChI is InChI=1S/C24H26ClN3O/c1-15-5-3-7-20(25)22(15)17-9-10-19-18(11-17)12-27-24(26)23(19)21(29)8-4-6-16-13-28(2)14-16/h3,5,7,9-12,16H,4,6,8,13-14H2,1-2H3,(H2,26,27). The number of hydrogen-bond donors (Lipinski definition) is 1. The highest BCUT2D eigenvalue weighted by Crippen LogP contribution is 2.34. The van der Waals surface area contributed by atoms with Crippen molar-refractivity contribution >= 4 is 34.0 Å². The SMILES string of the molecule is Cc1cccc(Cl)c1-c1ccc2c(C(=O)CCCC3CN(C)C3)c(N)ncc2c1. The largest absolute Gasteiger partial charge is 0.383 e. The van der Waals surface area contributed by atoms with E-state index in [0.29, 0.717) is 22.8 Å². The fourth-order valence-corrected chi connectivity index (χ4v) is 4.70. The second kappa shape index (κ2) is 8.13. The highest BCUT2D eigenvalue weighted by atomic mass is 35.5. The molecule has 1 aliphatic heterocycles. The molecule has 150 valence electrons. The van der Waals surface area contributed by atoms with Gasteiger partial charge in [0.15, 0.2) is 5.78 Å². The molecule has 2 N–H and O–H groups in total. The van der Waals surface area contributed by atoms with E-state index < -0.39 is 0 Å². The van der Waals surface area contributed by atoms with Gasteiger partial charge in [0, 0.05) is 41.7 Å². The van der Waals surface area contributed by atoms with Gasteiger partial charge in [0.25, 0.3) is 0 Å². The number of pyridine rings is 1. The monoisotopic (exact) mass is 407 g/mol. The van der Waals surface area contributed by atoms with Crippen LogP contribution in [0.5, 0.6) is 0 Å². The Balaban J connectivity index is 1.61. The maximum atomic E-state index is 12.9. The molecule has 0 radical (unpaired) electrons. The fourth-order valence-electron chi connectivity index (χ4n) is 4.37. The minimum Gasteiger partial charge on any atom is -0.383 e. The molecule has 0 atom stereocenters. The maximum Gasteiger partial charge on any atom is 0.167 e. The number of nitrogens with zero attached hydrogens (tertiary/aromatic N) is 2. The number of carbonyl (C=O) groups is 1. The van der Waals surface area contributed by atoms with Crippen LogP contribution in [0.3, 0.4) is 0 Å². The van der Waals surface area contributed by atoms with E-state index in [9.17, 15) is 4.79 Å². The van der Waals surface area contributed by atoms with Crippen molar-refractivity contribution in [3.05, 3.63) is 58.7 Å². The molecule has 4 nitrogen and oxygen atoms in total. The molecule has 0 unspecified atom stereocenters. The molecule has 0 spiro atoms. The average Bonchev–Trinajstić information content (AvgIpc) is 2.66. The van der Waals surface area contributed by atoms with Crippen LogP contribution in [0, 0.1) is 12.8 Å². The molecule has 29 heavy (non-hydrogen) atoms. The van der Waals surface area contributed by atoms with Gasteiger partial charge in [-0.1, -0.05) is 35.9 Å². The van der Waals surface area contributed by atoms with E-state index in [-0.39, 0.29) is 5.78 Å². The minimum atomic E-state index is 0.0787. The number of aryl methyl sites for hydroxylation is 1. The van der Waals surface area contributed by atoms with Crippen LogP contribution in [0.4, 0.5) is 5.82 Å². The number of nitrogen functional groups attached to an aromatic ring is 1. The van der Waals surface area contributed by atoms with E-state index in [1.807, 2.05) is 43.3 Å². The Hall–Kier alpha value is -2.43. The van der Waals surface area contributed by atoms with Crippen molar-refractivity contribution in [2.75, 3.05) is 25.9 Å². The Morgan fingerprint density at radius 1 is 1.28 bits per heavy atom. The number of hydrogen-bond acceptors (Lipinski definition) is 4. The summed E-state index contributed by atoms with van der Waals surface area (Å²) in [7, 11) is 2.13. The molecule has 2 aromatic carbocycles. The molecule has 1 aliphatic rings. The molecule has 1 fully saturated rings. The lowest BCUT2D eigenvalue weighted by atomic mass is 9.92. The number of halogens is 1. The van der Waals surface area contributed by atoms with Gasteiger partial charge in [-0.3, -0.25) is 4.79 Å². The van der Waals surface area contributed by atoms with E-state index in [0.717, 1.165) is 59.3 Å². The molecule has 1 aromatic heterocycles. The molecule has 0 amide bonds. The Morgan fingerprint density at radius 3 is 2.79 bits per heavy atom. The van der Waals surface area contributed by atoms with Gasteiger partial charge in [0.2, 0.25) is 0 Å². The van der Waals surface area contributed by atoms with Gasteiger partial charge < -0.3 is 10.6 Å². The third kappa shape index (κ3) is 4.00. The lowest BCUT2D eigenvalue weighted by Crippen LogP contribution is -2.43. The first-order valence-electron chi connectivity index (χ1n) is 10.1. The molecular formula is C24H26ClN3O. The number of fused-ring (bicyclic) bond motifs is 1. The predicted octanol–water partition coefficient (Wildman–Crippen LogP) is 5.36. The molecule has 0 bridgehead atoms. The van der Waals surface area contributed by atoms with Gasteiger partial charge >= 0.3 is 0 Å². The summed E-state index contributed by atoms with van der Waals surface area (Å²) >= 11 is 6.44. The quantitative estimate of drug-likeness (QED) is 0.559. The molecule has 1 saturated heterocycles. The fraction of sp³-hybridized carbons (Fsp3) is 0.333. The number of carbonyl (C=O) groups excluding carboxylic acids is 1. The van der Waals surface area contributed by atoms with Gasteiger partial charge in [0.05, 0.1) is 5.56 Å². The second-order valence-corrected chi connectivity index (χ2v) is 8.56. The Bertz CT molecular complexity index is 1050. The zero-order valence-corrected chi connectivity index (χ0v) is 17.7. The van der Waals surface area contributed by atoms with Crippen LogP contribution in [0.25, 0.3) is 21.9 Å². The normalized spacial score (nSPS) is 14.9. The lowest BCUT2D eigenvalue weighted by molar-refractivity contribution is 0.0960. The summed E-state index contributed by atoms with van der Waals surface area (Å²) in [6.07, 6.45) is 4.23. The molecule has 4 rings (SSSR count). The summed E-state index contributed by atoms with van der Waals surface area (Å²) in [5, 5.41) is 2.48. The molecule has 2 heterocycles. The van der Waals surface area contributed by atoms with Crippen LogP contribution in [0.15, 0.2) is 42.6 Å². The third-order valence-electron chi connectivity index (χ3n) is 5.87. The zero-order valence-electron chi connectivity index (χ0n) is 16.9. The van der Waals surface area contributed by atoms with E-state index in [1.165, 1.54) is 0 Å². The van der Waals surface area contributed by atoms with Crippen LogP contribution in [-0.2, 0) is 0 Å². The number of benzene rings is 2. The summed E-state index contributed by atoms with van der Waals surface area (Å²) in [6, 6.07) is 11.9. The summed E-state index contributed by atoms with van der Waals surface area (Å²) in [5.74, 6) is 1.11. The highest BCUT2D eigenvalue weighted by molar-refractivity contribution is 6.33. The summed E-state index contributed by atoms with van der Waals surface area (Å²) < 4.78 is 0. The van der Waals surface area contributed by atoms with Crippen molar-refractivity contribution in [1.29, 1.82) is 0 Å². The maximum absolute atomic E-state index is 12.9. The van der Waals surface area contributed by atoms with E-state index in [2.05, 4.69) is 16.9 Å². The van der Waals surface area contributed by atoms with Gasteiger partial charge in [-0.25, -0.2) is 4.98 Å². The zero-order chi connectivity index (χ0) is 20.5. The number of rotatable bonds is 6. The Morgan fingerprint density at radius 2 is 2.07 bits per heavy atom. The molecule has 0 aliphatic carbocycles. The van der Waals surface area contributed by atoms with Gasteiger partial charge in [-0.15, -0.1) is 0 Å². The van der Waals surface area contributed by atoms with Crippen LogP contribution in [0.2, 0.25) is 5.02 Å². The number of ketones is 1. The second-order valence-electron chi connectivity index (χ2n) is 8.15. The first-order chi connectivity index (χ1) is 13.9. The number of aromatic nitrogens is 1. The third-order valence-corrected chi connectivity index (χ3v) is 6.18. The van der Waals surface area contributed by atoms with Crippen molar-refractivity contribution in [1.82, 2.24) is 9.88 Å². The Labute approximate surface area is 176 Å². The van der Waals surface area contributed by atoms with Crippen LogP contribution in [-0.4, -0.2) is 35.8 Å². The number of likely N-dealkylation sites (tertiary alicyclic amines) is 1. The van der Waals surface area contributed by atoms with Gasteiger partial charge in [-0.2, -0.15) is 0 Å². The van der Waals surface area contributed by atoms with Crippen molar-refractivity contribution < 1.29 is 4.79 Å². The first kappa shape index (κ1) is 19.9. The van der Waals surface area contributed by atoms with Crippen molar-refractivity contribution in [3.63, 3.8) is 0 Å². The first-order valence-corrected chi connectivity index (χ1v) is 10.5. The predicted molar refractivity (Wildman–Crippen MR) is 121 cm³/mol. The van der Waals surface area contributed by atoms with E-state index >= 15 is 0 Å². The van der Waals surface area contributed by atoms with E-state index in [4.69, 9.17) is 17.3 Å². The molecule has 0 saturated carbocycles. The Kier molecular flexibility index (Phi) is 5.57.